The molecule has 1 heterocycles. The maximum atomic E-state index is 12.8. The minimum absolute atomic E-state index is 0.0132. The van der Waals surface area contributed by atoms with Crippen molar-refractivity contribution in [2.45, 2.75) is 38.6 Å². The number of amides is 3. The Labute approximate surface area is 162 Å². The first kappa shape index (κ1) is 20.0. The van der Waals surface area contributed by atoms with E-state index in [0.717, 1.165) is 30.6 Å². The number of nitrogens with zero attached hydrogens (tertiary/aromatic N) is 1. The van der Waals surface area contributed by atoms with Crippen LogP contribution in [-0.4, -0.2) is 41.7 Å². The van der Waals surface area contributed by atoms with Gasteiger partial charge in [0.05, 0.1) is 18.3 Å². The van der Waals surface area contributed by atoms with Crippen molar-refractivity contribution in [3.8, 4) is 0 Å². The molecule has 7 nitrogen and oxygen atoms in total. The van der Waals surface area contributed by atoms with Gasteiger partial charge in [-0.05, 0) is 30.5 Å². The van der Waals surface area contributed by atoms with Gasteiger partial charge < -0.3 is 10.1 Å². The maximum absolute atomic E-state index is 12.8. The van der Waals surface area contributed by atoms with Crippen molar-refractivity contribution in [2.24, 2.45) is 11.8 Å². The molecule has 1 N–H and O–H groups in total. The standard InChI is InChI=1S/C20H23FN2O5/c21-14-7-5-13(6-8-14)11-22-17(24)12-28-18(25)9-10-23-19(26)15-3-1-2-4-16(15)20(23)27/h5-8,15-16H,1-4,9-12H2,(H,22,24)/t15-,16+. The van der Waals surface area contributed by atoms with Crippen molar-refractivity contribution >= 4 is 23.7 Å². The Morgan fingerprint density at radius 3 is 2.29 bits per heavy atom. The normalized spacial score (nSPS) is 21.4. The number of likely N-dealkylation sites (tertiary alicyclic amines) is 1. The van der Waals surface area contributed by atoms with E-state index >= 15 is 0 Å². The number of ether oxygens (including phenoxy) is 1. The van der Waals surface area contributed by atoms with Crippen molar-refractivity contribution in [3.05, 3.63) is 35.6 Å². The van der Waals surface area contributed by atoms with Crippen LogP contribution in [-0.2, 0) is 30.5 Å². The molecule has 1 aliphatic heterocycles. The lowest BCUT2D eigenvalue weighted by Crippen LogP contribution is -2.34. The zero-order valence-electron chi connectivity index (χ0n) is 15.5. The third kappa shape index (κ3) is 4.74. The second-order valence-electron chi connectivity index (χ2n) is 7.14. The molecule has 150 valence electrons. The molecular formula is C20H23FN2O5. The highest BCUT2D eigenvalue weighted by Crippen LogP contribution is 2.37. The molecule has 0 aromatic heterocycles. The number of fused-ring (bicyclic) bond motifs is 1. The van der Waals surface area contributed by atoms with Crippen molar-refractivity contribution in [2.75, 3.05) is 13.2 Å². The Balaban J connectivity index is 1.37. The molecule has 8 heteroatoms. The zero-order valence-corrected chi connectivity index (χ0v) is 15.5. The SMILES string of the molecule is O=C(COC(=O)CCN1C(=O)[C@H]2CCCC[C@H]2C1=O)NCc1ccc(F)cc1. The van der Waals surface area contributed by atoms with Crippen molar-refractivity contribution < 1.29 is 28.3 Å². The fourth-order valence-electron chi connectivity index (χ4n) is 3.73. The Morgan fingerprint density at radius 2 is 1.68 bits per heavy atom. The lowest BCUT2D eigenvalue weighted by Gasteiger charge is -2.19. The molecule has 0 radical (unpaired) electrons. The van der Waals surface area contributed by atoms with Crippen molar-refractivity contribution in [1.82, 2.24) is 10.2 Å². The van der Waals surface area contributed by atoms with E-state index in [9.17, 15) is 23.6 Å². The Hall–Kier alpha value is -2.77. The second kappa shape index (κ2) is 8.95. The molecule has 28 heavy (non-hydrogen) atoms. The summed E-state index contributed by atoms with van der Waals surface area (Å²) in [4.78, 5) is 49.4. The largest absolute Gasteiger partial charge is 0.456 e. The van der Waals surface area contributed by atoms with Crippen molar-refractivity contribution in [1.29, 1.82) is 0 Å². The second-order valence-corrected chi connectivity index (χ2v) is 7.14. The van der Waals surface area contributed by atoms with Crippen LogP contribution >= 0.6 is 0 Å². The van der Waals surface area contributed by atoms with E-state index in [-0.39, 0.29) is 49.0 Å². The molecule has 1 saturated heterocycles. The zero-order chi connectivity index (χ0) is 20.1. The highest BCUT2D eigenvalue weighted by Gasteiger charge is 2.47. The first-order valence-electron chi connectivity index (χ1n) is 9.47. The van der Waals surface area contributed by atoms with Crippen molar-refractivity contribution in [3.63, 3.8) is 0 Å². The summed E-state index contributed by atoms with van der Waals surface area (Å²) in [5.41, 5.74) is 0.716. The maximum Gasteiger partial charge on any atom is 0.308 e. The highest BCUT2D eigenvalue weighted by molar-refractivity contribution is 6.05. The Morgan fingerprint density at radius 1 is 1.07 bits per heavy atom. The predicted octanol–water partition coefficient (Wildman–Crippen LogP) is 1.55. The van der Waals surface area contributed by atoms with Gasteiger partial charge in [0, 0.05) is 13.1 Å². The number of imide groups is 1. The van der Waals surface area contributed by atoms with E-state index in [2.05, 4.69) is 5.32 Å². The van der Waals surface area contributed by atoms with Gasteiger partial charge in [0.25, 0.3) is 5.91 Å². The third-order valence-electron chi connectivity index (χ3n) is 5.24. The molecule has 2 atom stereocenters. The lowest BCUT2D eigenvalue weighted by molar-refractivity contribution is -0.150. The van der Waals surface area contributed by atoms with Gasteiger partial charge in [0.2, 0.25) is 11.8 Å². The Bertz CT molecular complexity index is 740. The van der Waals surface area contributed by atoms with Crippen LogP contribution in [0.2, 0.25) is 0 Å². The van der Waals surface area contributed by atoms with Crippen LogP contribution in [0.15, 0.2) is 24.3 Å². The molecule has 1 aromatic rings. The van der Waals surface area contributed by atoms with Gasteiger partial charge in [0.1, 0.15) is 5.82 Å². The lowest BCUT2D eigenvalue weighted by atomic mass is 9.81. The molecule has 0 spiro atoms. The summed E-state index contributed by atoms with van der Waals surface area (Å²) in [7, 11) is 0. The van der Waals surface area contributed by atoms with Gasteiger partial charge in [0.15, 0.2) is 6.61 Å². The number of rotatable bonds is 7. The summed E-state index contributed by atoms with van der Waals surface area (Å²) < 4.78 is 17.7. The number of carbonyl (C=O) groups is 4. The molecule has 0 unspecified atom stereocenters. The van der Waals surface area contributed by atoms with Gasteiger partial charge in [-0.3, -0.25) is 24.1 Å². The molecular weight excluding hydrogens is 367 g/mol. The summed E-state index contributed by atoms with van der Waals surface area (Å²) in [6.45, 7) is -0.274. The number of nitrogens with one attached hydrogen (secondary N) is 1. The van der Waals surface area contributed by atoms with E-state index in [0.29, 0.717) is 5.56 Å². The number of halogens is 1. The monoisotopic (exact) mass is 390 g/mol. The Kier molecular flexibility index (Phi) is 6.38. The summed E-state index contributed by atoms with van der Waals surface area (Å²) in [6.07, 6.45) is 3.21. The predicted molar refractivity (Wildman–Crippen MR) is 96.0 cm³/mol. The van der Waals surface area contributed by atoms with Crippen LogP contribution < -0.4 is 5.32 Å². The minimum atomic E-state index is -0.646. The van der Waals surface area contributed by atoms with Crippen LogP contribution in [0.5, 0.6) is 0 Å². The first-order chi connectivity index (χ1) is 13.5. The first-order valence-corrected chi connectivity index (χ1v) is 9.47. The fourth-order valence-corrected chi connectivity index (χ4v) is 3.73. The van der Waals surface area contributed by atoms with Gasteiger partial charge >= 0.3 is 5.97 Å². The third-order valence-corrected chi connectivity index (χ3v) is 5.24. The van der Waals surface area contributed by atoms with Crippen LogP contribution in [0.4, 0.5) is 4.39 Å². The van der Waals surface area contributed by atoms with Gasteiger partial charge in [-0.25, -0.2) is 4.39 Å². The topological polar surface area (TPSA) is 92.8 Å². The number of carbonyl (C=O) groups excluding carboxylic acids is 4. The quantitative estimate of drug-likeness (QED) is 0.563. The smallest absolute Gasteiger partial charge is 0.308 e. The number of hydrogen-bond donors (Lipinski definition) is 1. The number of esters is 1. The van der Waals surface area contributed by atoms with Gasteiger partial charge in [-0.1, -0.05) is 25.0 Å². The summed E-state index contributed by atoms with van der Waals surface area (Å²) in [5.74, 6) is -2.37. The molecule has 3 amide bonds. The van der Waals surface area contributed by atoms with E-state index < -0.39 is 18.5 Å². The average molecular weight is 390 g/mol. The van der Waals surface area contributed by atoms with E-state index in [1.54, 1.807) is 12.1 Å². The summed E-state index contributed by atoms with van der Waals surface area (Å²) in [6, 6.07) is 5.67. The van der Waals surface area contributed by atoms with Gasteiger partial charge in [-0.2, -0.15) is 0 Å². The molecule has 0 bridgehead atoms. The van der Waals surface area contributed by atoms with Crippen LogP contribution in [0.1, 0.15) is 37.7 Å². The average Bonchev–Trinajstić information content (AvgIpc) is 2.95. The van der Waals surface area contributed by atoms with Crippen LogP contribution in [0.3, 0.4) is 0 Å². The molecule has 2 fully saturated rings. The molecule has 3 rings (SSSR count). The van der Waals surface area contributed by atoms with Crippen LogP contribution in [0, 0.1) is 17.7 Å². The summed E-state index contributed by atoms with van der Waals surface area (Å²) in [5, 5.41) is 2.56. The molecule has 1 aliphatic carbocycles. The van der Waals surface area contributed by atoms with E-state index in [1.807, 2.05) is 0 Å². The minimum Gasteiger partial charge on any atom is -0.456 e. The van der Waals surface area contributed by atoms with Gasteiger partial charge in [-0.15, -0.1) is 0 Å². The van der Waals surface area contributed by atoms with E-state index in [4.69, 9.17) is 4.74 Å². The number of benzene rings is 1. The van der Waals surface area contributed by atoms with Crippen LogP contribution in [0.25, 0.3) is 0 Å². The molecule has 2 aliphatic rings. The van der Waals surface area contributed by atoms with E-state index in [1.165, 1.54) is 12.1 Å². The summed E-state index contributed by atoms with van der Waals surface area (Å²) >= 11 is 0. The number of hydrogen-bond acceptors (Lipinski definition) is 5. The fraction of sp³-hybridized carbons (Fsp3) is 0.500. The molecule has 1 aromatic carbocycles. The highest BCUT2D eigenvalue weighted by atomic mass is 19.1. The molecule has 1 saturated carbocycles.